The first-order valence-electron chi connectivity index (χ1n) is 7.85. The zero-order chi connectivity index (χ0) is 15.0. The van der Waals surface area contributed by atoms with E-state index in [0.29, 0.717) is 6.04 Å². The van der Waals surface area contributed by atoms with E-state index in [4.69, 9.17) is 0 Å². The SMILES string of the molecule is C(=CC1CNCCN1C=Cc1ccccc1)c1ccccc1. The zero-order valence-corrected chi connectivity index (χ0v) is 12.7. The third-order valence-electron chi connectivity index (χ3n) is 3.89. The van der Waals surface area contributed by atoms with Gasteiger partial charge in [-0.05, 0) is 17.2 Å². The van der Waals surface area contributed by atoms with Crippen molar-refractivity contribution in [1.29, 1.82) is 0 Å². The molecule has 2 aromatic rings. The molecule has 0 spiro atoms. The van der Waals surface area contributed by atoms with Gasteiger partial charge in [-0.25, -0.2) is 0 Å². The molecule has 1 saturated heterocycles. The molecule has 2 heteroatoms. The number of piperazine rings is 1. The molecule has 3 rings (SSSR count). The summed E-state index contributed by atoms with van der Waals surface area (Å²) in [5.41, 5.74) is 2.49. The number of hydrogen-bond donors (Lipinski definition) is 1. The summed E-state index contributed by atoms with van der Waals surface area (Å²) in [6, 6.07) is 21.3. The van der Waals surface area contributed by atoms with Crippen LogP contribution in [0.3, 0.4) is 0 Å². The van der Waals surface area contributed by atoms with E-state index in [9.17, 15) is 0 Å². The summed E-state index contributed by atoms with van der Waals surface area (Å²) in [7, 11) is 0. The lowest BCUT2D eigenvalue weighted by atomic mass is 10.1. The Balaban J connectivity index is 1.69. The Labute approximate surface area is 132 Å². The van der Waals surface area contributed by atoms with Crippen LogP contribution in [0.2, 0.25) is 0 Å². The second-order valence-electron chi connectivity index (χ2n) is 5.51. The Morgan fingerprint density at radius 2 is 1.50 bits per heavy atom. The lowest BCUT2D eigenvalue weighted by molar-refractivity contribution is 0.269. The molecule has 1 unspecified atom stereocenters. The first-order chi connectivity index (χ1) is 10.9. The second-order valence-corrected chi connectivity index (χ2v) is 5.51. The predicted molar refractivity (Wildman–Crippen MR) is 94.3 cm³/mol. The van der Waals surface area contributed by atoms with E-state index in [1.807, 2.05) is 6.07 Å². The summed E-state index contributed by atoms with van der Waals surface area (Å²) < 4.78 is 0. The first kappa shape index (κ1) is 14.6. The third-order valence-corrected chi connectivity index (χ3v) is 3.89. The van der Waals surface area contributed by atoms with Crippen molar-refractivity contribution in [3.63, 3.8) is 0 Å². The maximum Gasteiger partial charge on any atom is 0.0596 e. The molecule has 0 aliphatic carbocycles. The molecule has 1 atom stereocenters. The lowest BCUT2D eigenvalue weighted by Crippen LogP contribution is -2.47. The fourth-order valence-electron chi connectivity index (χ4n) is 2.64. The predicted octanol–water partition coefficient (Wildman–Crippen LogP) is 3.64. The fraction of sp³-hybridized carbons (Fsp3) is 0.200. The molecule has 0 amide bonds. The van der Waals surface area contributed by atoms with Crippen LogP contribution in [0.15, 0.2) is 72.9 Å². The number of benzene rings is 2. The minimum atomic E-state index is 0.397. The van der Waals surface area contributed by atoms with E-state index in [0.717, 1.165) is 19.6 Å². The summed E-state index contributed by atoms with van der Waals surface area (Å²) in [6.45, 7) is 3.06. The van der Waals surface area contributed by atoms with Crippen molar-refractivity contribution in [1.82, 2.24) is 10.2 Å². The topological polar surface area (TPSA) is 15.3 Å². The lowest BCUT2D eigenvalue weighted by Gasteiger charge is -2.33. The fourth-order valence-corrected chi connectivity index (χ4v) is 2.64. The molecule has 1 N–H and O–H groups in total. The molecule has 1 heterocycles. The Morgan fingerprint density at radius 1 is 0.864 bits per heavy atom. The van der Waals surface area contributed by atoms with Gasteiger partial charge in [-0.2, -0.15) is 0 Å². The molecule has 2 aromatic carbocycles. The van der Waals surface area contributed by atoms with Gasteiger partial charge >= 0.3 is 0 Å². The quantitative estimate of drug-likeness (QED) is 0.924. The van der Waals surface area contributed by atoms with Crippen molar-refractivity contribution < 1.29 is 0 Å². The van der Waals surface area contributed by atoms with Gasteiger partial charge in [-0.3, -0.25) is 0 Å². The number of hydrogen-bond acceptors (Lipinski definition) is 2. The van der Waals surface area contributed by atoms with Gasteiger partial charge in [-0.15, -0.1) is 0 Å². The van der Waals surface area contributed by atoms with Crippen LogP contribution in [0.4, 0.5) is 0 Å². The standard InChI is InChI=1S/C20H22N2/c1-3-7-18(8-4-1)11-12-20-17-21-14-16-22(20)15-13-19-9-5-2-6-10-19/h1-13,15,20-21H,14,16-17H2. The van der Waals surface area contributed by atoms with Crippen LogP contribution in [0, 0.1) is 0 Å². The van der Waals surface area contributed by atoms with Gasteiger partial charge in [0, 0.05) is 25.8 Å². The molecule has 22 heavy (non-hydrogen) atoms. The van der Waals surface area contributed by atoms with Crippen molar-refractivity contribution in [3.8, 4) is 0 Å². The molecule has 2 nitrogen and oxygen atoms in total. The van der Waals surface area contributed by atoms with Crippen LogP contribution < -0.4 is 5.32 Å². The van der Waals surface area contributed by atoms with E-state index < -0.39 is 0 Å². The Morgan fingerprint density at radius 3 is 2.18 bits per heavy atom. The van der Waals surface area contributed by atoms with Crippen LogP contribution >= 0.6 is 0 Å². The van der Waals surface area contributed by atoms with Crippen molar-refractivity contribution in [3.05, 3.63) is 84.1 Å². The largest absolute Gasteiger partial charge is 0.368 e. The highest BCUT2D eigenvalue weighted by Crippen LogP contribution is 2.11. The maximum atomic E-state index is 3.47. The normalized spacial score (nSPS) is 19.1. The average Bonchev–Trinajstić information content (AvgIpc) is 2.61. The molecule has 1 fully saturated rings. The molecule has 0 aromatic heterocycles. The summed E-state index contributed by atoms with van der Waals surface area (Å²) in [4.78, 5) is 2.41. The van der Waals surface area contributed by atoms with Crippen LogP contribution in [-0.2, 0) is 0 Å². The summed E-state index contributed by atoms with van der Waals surface area (Å²) in [5.74, 6) is 0. The zero-order valence-electron chi connectivity index (χ0n) is 12.7. The minimum Gasteiger partial charge on any atom is -0.368 e. The van der Waals surface area contributed by atoms with Gasteiger partial charge in [0.05, 0.1) is 6.04 Å². The molecule has 0 radical (unpaired) electrons. The van der Waals surface area contributed by atoms with Gasteiger partial charge in [0.15, 0.2) is 0 Å². The Hall–Kier alpha value is -2.32. The van der Waals surface area contributed by atoms with Crippen molar-refractivity contribution in [2.45, 2.75) is 6.04 Å². The van der Waals surface area contributed by atoms with Crippen molar-refractivity contribution >= 4 is 12.2 Å². The summed E-state index contributed by atoms with van der Waals surface area (Å²) in [5, 5.41) is 3.47. The molecule has 0 bridgehead atoms. The van der Waals surface area contributed by atoms with Crippen LogP contribution in [0.5, 0.6) is 0 Å². The van der Waals surface area contributed by atoms with Gasteiger partial charge in [0.1, 0.15) is 0 Å². The van der Waals surface area contributed by atoms with Gasteiger partial charge in [0.2, 0.25) is 0 Å². The monoisotopic (exact) mass is 290 g/mol. The number of rotatable bonds is 4. The molecule has 1 aliphatic rings. The average molecular weight is 290 g/mol. The molecule has 112 valence electrons. The minimum absolute atomic E-state index is 0.397. The summed E-state index contributed by atoms with van der Waals surface area (Å²) in [6.07, 6.45) is 8.91. The molecular formula is C20H22N2. The van der Waals surface area contributed by atoms with E-state index in [1.54, 1.807) is 0 Å². The highest BCUT2D eigenvalue weighted by Gasteiger charge is 2.16. The van der Waals surface area contributed by atoms with Gasteiger partial charge in [0.25, 0.3) is 0 Å². The van der Waals surface area contributed by atoms with Crippen LogP contribution in [-0.4, -0.2) is 30.6 Å². The molecular weight excluding hydrogens is 268 g/mol. The smallest absolute Gasteiger partial charge is 0.0596 e. The van der Waals surface area contributed by atoms with Gasteiger partial charge < -0.3 is 10.2 Å². The van der Waals surface area contributed by atoms with Crippen LogP contribution in [0.1, 0.15) is 11.1 Å². The van der Waals surface area contributed by atoms with Crippen molar-refractivity contribution in [2.75, 3.05) is 19.6 Å². The Bertz CT molecular complexity index is 559. The first-order valence-corrected chi connectivity index (χ1v) is 7.85. The summed E-state index contributed by atoms with van der Waals surface area (Å²) >= 11 is 0. The van der Waals surface area contributed by atoms with Gasteiger partial charge in [-0.1, -0.05) is 72.8 Å². The molecule has 1 aliphatic heterocycles. The number of nitrogens with one attached hydrogen (secondary N) is 1. The maximum absolute atomic E-state index is 3.47. The van der Waals surface area contributed by atoms with E-state index in [1.165, 1.54) is 11.1 Å². The van der Waals surface area contributed by atoms with Crippen molar-refractivity contribution in [2.24, 2.45) is 0 Å². The molecule has 0 saturated carbocycles. The van der Waals surface area contributed by atoms with E-state index in [-0.39, 0.29) is 0 Å². The van der Waals surface area contributed by atoms with Crippen LogP contribution in [0.25, 0.3) is 12.2 Å². The van der Waals surface area contributed by atoms with E-state index >= 15 is 0 Å². The van der Waals surface area contributed by atoms with E-state index in [2.05, 4.69) is 89.2 Å². The Kier molecular flexibility index (Phi) is 5.06. The highest BCUT2D eigenvalue weighted by atomic mass is 15.2. The third kappa shape index (κ3) is 4.09. The number of nitrogens with zero attached hydrogens (tertiary/aromatic N) is 1. The second kappa shape index (κ2) is 7.62. The highest BCUT2D eigenvalue weighted by molar-refractivity contribution is 5.51.